The van der Waals surface area contributed by atoms with Crippen molar-refractivity contribution in [3.05, 3.63) is 60.2 Å². The van der Waals surface area contributed by atoms with E-state index in [-0.39, 0.29) is 5.41 Å². The van der Waals surface area contributed by atoms with Crippen LogP contribution in [0.25, 0.3) is 38.1 Å². The Labute approximate surface area is 184 Å². The highest BCUT2D eigenvalue weighted by molar-refractivity contribution is 5.88. The van der Waals surface area contributed by atoms with E-state index >= 15 is 0 Å². The fourth-order valence-electron chi connectivity index (χ4n) is 3.90. The van der Waals surface area contributed by atoms with Crippen LogP contribution in [0.5, 0.6) is 5.88 Å². The average molecular weight is 421 g/mol. The summed E-state index contributed by atoms with van der Waals surface area (Å²) in [6.07, 6.45) is 6.47. The molecule has 0 spiro atoms. The molecule has 0 N–H and O–H groups in total. The molecule has 1 aliphatic carbocycles. The summed E-state index contributed by atoms with van der Waals surface area (Å²) in [7, 11) is 1.56. The minimum absolute atomic E-state index is 0.0607. The highest BCUT2D eigenvalue weighted by atomic mass is 16.5. The Hall–Kier alpha value is -4.30. The molecule has 3 aromatic heterocycles. The maximum Gasteiger partial charge on any atom is 0.270 e. The number of rotatable bonds is 6. The Bertz CT molecular complexity index is 1410. The summed E-state index contributed by atoms with van der Waals surface area (Å²) in [5.41, 5.74) is 4.11. The third kappa shape index (κ3) is 3.63. The van der Waals surface area contributed by atoms with Crippen LogP contribution in [-0.2, 0) is 6.54 Å². The first-order valence-corrected chi connectivity index (χ1v) is 10.2. The molecule has 1 aliphatic rings. The lowest BCUT2D eigenvalue weighted by molar-refractivity contribution is 0.393. The van der Waals surface area contributed by atoms with Crippen LogP contribution in [0.1, 0.15) is 19.3 Å². The number of methoxy groups -OCH3 is 1. The van der Waals surface area contributed by atoms with Crippen LogP contribution in [0, 0.1) is 23.3 Å². The highest BCUT2D eigenvalue weighted by Crippen LogP contribution is 2.50. The summed E-state index contributed by atoms with van der Waals surface area (Å²) in [6.45, 7) is 8.12. The van der Waals surface area contributed by atoms with Crippen LogP contribution in [0.3, 0.4) is 0 Å². The van der Waals surface area contributed by atoms with Gasteiger partial charge in [-0.25, -0.2) is 0 Å². The minimum Gasteiger partial charge on any atom is -0.480 e. The van der Waals surface area contributed by atoms with E-state index in [1.807, 2.05) is 47.4 Å². The van der Waals surface area contributed by atoms with Crippen molar-refractivity contribution in [1.29, 1.82) is 5.26 Å². The average Bonchev–Trinajstić information content (AvgIpc) is 3.43. The Morgan fingerprint density at radius 2 is 2.06 bits per heavy atom. The molecule has 156 valence electrons. The van der Waals surface area contributed by atoms with Crippen molar-refractivity contribution < 1.29 is 4.74 Å². The predicted octanol–water partition coefficient (Wildman–Crippen LogP) is 4.81. The van der Waals surface area contributed by atoms with Crippen molar-refractivity contribution in [2.45, 2.75) is 25.8 Å². The molecule has 0 saturated heterocycles. The van der Waals surface area contributed by atoms with E-state index in [2.05, 4.69) is 31.2 Å². The van der Waals surface area contributed by atoms with Crippen molar-refractivity contribution in [2.24, 2.45) is 5.41 Å². The highest BCUT2D eigenvalue weighted by Gasteiger charge is 2.43. The van der Waals surface area contributed by atoms with Gasteiger partial charge in [-0.2, -0.15) is 10.4 Å². The summed E-state index contributed by atoms with van der Waals surface area (Å²) in [5, 5.41) is 22.8. The van der Waals surface area contributed by atoms with E-state index in [0.717, 1.165) is 41.5 Å². The van der Waals surface area contributed by atoms with Gasteiger partial charge in [0.05, 0.1) is 24.9 Å². The van der Waals surface area contributed by atoms with Crippen molar-refractivity contribution in [2.75, 3.05) is 7.11 Å². The van der Waals surface area contributed by atoms with Crippen molar-refractivity contribution in [3.63, 3.8) is 0 Å². The molecule has 0 radical (unpaired) electrons. The largest absolute Gasteiger partial charge is 0.480 e. The molecule has 0 unspecified atom stereocenters. The number of hydrogen-bond acceptors (Lipinski definition) is 6. The molecule has 3 heterocycles. The second-order valence-corrected chi connectivity index (χ2v) is 8.10. The maximum absolute atomic E-state index is 9.09. The quantitative estimate of drug-likeness (QED) is 0.415. The van der Waals surface area contributed by atoms with Crippen LogP contribution < -0.4 is 4.74 Å². The van der Waals surface area contributed by atoms with Crippen molar-refractivity contribution >= 4 is 16.7 Å². The molecule has 0 atom stereocenters. The SMILES string of the molecule is [C-]#[N+]c1ccc(-c2cnn(CC3(CC#N)CC3)c2)c(-c2ccc3cc(OC)nnc3c2)n1. The van der Waals surface area contributed by atoms with Gasteiger partial charge >= 0.3 is 0 Å². The van der Waals surface area contributed by atoms with E-state index < -0.39 is 0 Å². The molecular formula is C24H19N7O. The standard InChI is InChI=1S/C24H19N7O/c1-26-21-6-5-19(18-13-27-31(14-18)15-24(7-8-24)9-10-25)23(28-21)17-4-3-16-12-22(32-2)30-29-20(16)11-17/h3-6,11-14H,7-9,15H2,2H3. The second-order valence-electron chi connectivity index (χ2n) is 8.10. The van der Waals surface area contributed by atoms with E-state index in [1.165, 1.54) is 0 Å². The molecule has 8 nitrogen and oxygen atoms in total. The number of hydrogen-bond donors (Lipinski definition) is 0. The number of aromatic nitrogens is 5. The molecule has 5 rings (SSSR count). The molecule has 1 saturated carbocycles. The fraction of sp³-hybridized carbons (Fsp3) is 0.250. The molecule has 8 heteroatoms. The smallest absolute Gasteiger partial charge is 0.270 e. The van der Waals surface area contributed by atoms with E-state index in [1.54, 1.807) is 13.2 Å². The van der Waals surface area contributed by atoms with Gasteiger partial charge in [0.2, 0.25) is 5.88 Å². The summed E-state index contributed by atoms with van der Waals surface area (Å²) < 4.78 is 7.06. The normalized spacial score (nSPS) is 14.0. The van der Waals surface area contributed by atoms with Gasteiger partial charge in [0.1, 0.15) is 0 Å². The minimum atomic E-state index is 0.0607. The van der Waals surface area contributed by atoms with Crippen LogP contribution in [0.2, 0.25) is 0 Å². The zero-order valence-corrected chi connectivity index (χ0v) is 17.5. The number of ether oxygens (including phenoxy) is 1. The van der Waals surface area contributed by atoms with Crippen LogP contribution >= 0.6 is 0 Å². The molecule has 0 bridgehead atoms. The molecule has 1 fully saturated rings. The van der Waals surface area contributed by atoms with Crippen LogP contribution in [0.15, 0.2) is 48.8 Å². The predicted molar refractivity (Wildman–Crippen MR) is 119 cm³/mol. The number of benzene rings is 1. The van der Waals surface area contributed by atoms with Gasteiger partial charge in [0.15, 0.2) is 5.69 Å². The van der Waals surface area contributed by atoms with E-state index in [4.69, 9.17) is 16.6 Å². The fourth-order valence-corrected chi connectivity index (χ4v) is 3.90. The molecular weight excluding hydrogens is 402 g/mol. The summed E-state index contributed by atoms with van der Waals surface area (Å²) in [5.74, 6) is 0.777. The van der Waals surface area contributed by atoms with Gasteiger partial charge < -0.3 is 9.58 Å². The second kappa shape index (κ2) is 7.75. The van der Waals surface area contributed by atoms with Gasteiger partial charge in [-0.15, -0.1) is 15.2 Å². The van der Waals surface area contributed by atoms with E-state index in [9.17, 15) is 0 Å². The monoisotopic (exact) mass is 421 g/mol. The molecule has 0 aliphatic heterocycles. The lowest BCUT2D eigenvalue weighted by Gasteiger charge is -2.10. The Morgan fingerprint density at radius 3 is 2.81 bits per heavy atom. The van der Waals surface area contributed by atoms with Gasteiger partial charge in [-0.1, -0.05) is 18.7 Å². The molecule has 1 aromatic carbocycles. The topological polar surface area (TPSA) is 93.9 Å². The maximum atomic E-state index is 9.09. The van der Waals surface area contributed by atoms with Crippen LogP contribution in [-0.4, -0.2) is 32.1 Å². The third-order valence-electron chi connectivity index (χ3n) is 5.90. The zero-order valence-electron chi connectivity index (χ0n) is 17.5. The molecule has 0 amide bonds. The van der Waals surface area contributed by atoms with Crippen molar-refractivity contribution in [1.82, 2.24) is 25.0 Å². The first kappa shape index (κ1) is 19.7. The molecule has 32 heavy (non-hydrogen) atoms. The zero-order chi connectivity index (χ0) is 22.1. The first-order chi connectivity index (χ1) is 15.6. The van der Waals surface area contributed by atoms with Gasteiger partial charge in [0.25, 0.3) is 5.82 Å². The summed E-state index contributed by atoms with van der Waals surface area (Å²) in [4.78, 5) is 8.10. The summed E-state index contributed by atoms with van der Waals surface area (Å²) in [6, 6.07) is 13.6. The Morgan fingerprint density at radius 1 is 1.19 bits per heavy atom. The van der Waals surface area contributed by atoms with Crippen molar-refractivity contribution in [3.8, 4) is 34.3 Å². The first-order valence-electron chi connectivity index (χ1n) is 10.2. The van der Waals surface area contributed by atoms with Gasteiger partial charge in [-0.3, -0.25) is 4.68 Å². The number of nitrogens with zero attached hydrogens (tertiary/aromatic N) is 7. The number of fused-ring (bicyclic) bond motifs is 1. The van der Waals surface area contributed by atoms with E-state index in [0.29, 0.717) is 29.3 Å². The molecule has 4 aromatic rings. The Balaban J connectivity index is 1.55. The van der Waals surface area contributed by atoms with Gasteiger partial charge in [-0.05, 0) is 31.0 Å². The number of nitriles is 1. The summed E-state index contributed by atoms with van der Waals surface area (Å²) >= 11 is 0. The third-order valence-corrected chi connectivity index (χ3v) is 5.90. The Kier molecular flexibility index (Phi) is 4.76. The number of pyridine rings is 1. The lowest BCUT2D eigenvalue weighted by Crippen LogP contribution is -2.11. The van der Waals surface area contributed by atoms with Crippen LogP contribution in [0.4, 0.5) is 5.82 Å². The van der Waals surface area contributed by atoms with Gasteiger partial charge in [0, 0.05) is 52.7 Å². The lowest BCUT2D eigenvalue weighted by atomic mass is 10.0.